The van der Waals surface area contributed by atoms with Crippen LogP contribution < -0.4 is 0 Å². The molecule has 1 aliphatic carbocycles. The molecule has 0 nitrogen and oxygen atoms in total. The van der Waals surface area contributed by atoms with E-state index in [4.69, 9.17) is 0 Å². The zero-order valence-electron chi connectivity index (χ0n) is 10.7. The Morgan fingerprint density at radius 3 is 2.53 bits per heavy atom. The highest BCUT2D eigenvalue weighted by molar-refractivity contribution is 5.09. The molecule has 1 aliphatic rings. The predicted octanol–water partition coefficient (Wildman–Crippen LogP) is 5.48. The van der Waals surface area contributed by atoms with Gasteiger partial charge in [-0.15, -0.1) is 0 Å². The molecule has 0 spiro atoms. The first kappa shape index (κ1) is 12.8. The quantitative estimate of drug-likeness (QED) is 0.384. The third-order valence-corrected chi connectivity index (χ3v) is 3.64. The van der Waals surface area contributed by atoms with Crippen LogP contribution in [-0.4, -0.2) is 0 Å². The molecule has 0 aromatic carbocycles. The number of unbranched alkanes of at least 4 members (excludes halogenated alkanes) is 2. The van der Waals surface area contributed by atoms with Gasteiger partial charge in [0.15, 0.2) is 0 Å². The molecule has 0 heteroatoms. The summed E-state index contributed by atoms with van der Waals surface area (Å²) in [4.78, 5) is 0. The van der Waals surface area contributed by atoms with Crippen molar-refractivity contribution in [3.8, 4) is 0 Å². The Morgan fingerprint density at radius 1 is 1.07 bits per heavy atom. The largest absolute Gasteiger partial charge is 0.0851 e. The Balaban J connectivity index is 2.37. The molecule has 0 bridgehead atoms. The van der Waals surface area contributed by atoms with Gasteiger partial charge in [-0.3, -0.25) is 0 Å². The molecule has 0 aromatic rings. The van der Waals surface area contributed by atoms with Crippen molar-refractivity contribution in [1.82, 2.24) is 0 Å². The molecule has 0 aliphatic heterocycles. The van der Waals surface area contributed by atoms with Crippen molar-refractivity contribution in [2.45, 2.75) is 78.1 Å². The fourth-order valence-electron chi connectivity index (χ4n) is 2.74. The first-order chi connectivity index (χ1) is 7.38. The van der Waals surface area contributed by atoms with Crippen LogP contribution in [0.2, 0.25) is 0 Å². The summed E-state index contributed by atoms with van der Waals surface area (Å²) in [5, 5.41) is 0. The van der Waals surface area contributed by atoms with Gasteiger partial charge in [-0.05, 0) is 44.4 Å². The monoisotopic (exact) mass is 208 g/mol. The maximum absolute atomic E-state index is 2.55. The highest BCUT2D eigenvalue weighted by Crippen LogP contribution is 2.30. The first-order valence-electron chi connectivity index (χ1n) is 7.07. The summed E-state index contributed by atoms with van der Waals surface area (Å²) >= 11 is 0. The lowest BCUT2D eigenvalue weighted by Gasteiger charge is -2.23. The second-order valence-electron chi connectivity index (χ2n) is 5.01. The van der Waals surface area contributed by atoms with Crippen LogP contribution in [0.4, 0.5) is 0 Å². The van der Waals surface area contributed by atoms with E-state index in [0.717, 1.165) is 5.92 Å². The molecule has 15 heavy (non-hydrogen) atoms. The highest BCUT2D eigenvalue weighted by Gasteiger charge is 2.14. The van der Waals surface area contributed by atoms with Crippen LogP contribution >= 0.6 is 0 Å². The van der Waals surface area contributed by atoms with Gasteiger partial charge in [0.05, 0.1) is 0 Å². The maximum atomic E-state index is 2.55. The molecule has 0 N–H and O–H groups in total. The lowest BCUT2D eigenvalue weighted by atomic mass is 9.83. The van der Waals surface area contributed by atoms with Crippen LogP contribution in [0.25, 0.3) is 0 Å². The zero-order chi connectivity index (χ0) is 10.9. The SMILES string of the molecule is CCCCCC(CCC)C1=CCCCC1. The summed E-state index contributed by atoms with van der Waals surface area (Å²) in [7, 11) is 0. The van der Waals surface area contributed by atoms with Gasteiger partial charge < -0.3 is 0 Å². The van der Waals surface area contributed by atoms with Gasteiger partial charge in [0.1, 0.15) is 0 Å². The Hall–Kier alpha value is -0.260. The third kappa shape index (κ3) is 4.86. The molecule has 0 saturated heterocycles. The van der Waals surface area contributed by atoms with Crippen molar-refractivity contribution in [1.29, 1.82) is 0 Å². The average molecular weight is 208 g/mol. The molecular formula is C15H28. The van der Waals surface area contributed by atoms with Gasteiger partial charge in [0.2, 0.25) is 0 Å². The molecule has 1 rings (SSSR count). The minimum absolute atomic E-state index is 0.932. The number of hydrogen-bond acceptors (Lipinski definition) is 0. The number of hydrogen-bond donors (Lipinski definition) is 0. The van der Waals surface area contributed by atoms with Crippen molar-refractivity contribution in [3.05, 3.63) is 11.6 Å². The van der Waals surface area contributed by atoms with Gasteiger partial charge in [-0.1, -0.05) is 51.2 Å². The normalized spacial score (nSPS) is 18.7. The van der Waals surface area contributed by atoms with Gasteiger partial charge in [-0.25, -0.2) is 0 Å². The smallest absolute Gasteiger partial charge is 0.0203 e. The van der Waals surface area contributed by atoms with E-state index in [-0.39, 0.29) is 0 Å². The van der Waals surface area contributed by atoms with Gasteiger partial charge in [-0.2, -0.15) is 0 Å². The van der Waals surface area contributed by atoms with Crippen LogP contribution in [0.15, 0.2) is 11.6 Å². The standard InChI is InChI=1S/C15H28/c1-3-5-7-11-14(10-4-2)15-12-8-6-9-13-15/h12,14H,3-11,13H2,1-2H3. The van der Waals surface area contributed by atoms with E-state index in [0.29, 0.717) is 0 Å². The van der Waals surface area contributed by atoms with Crippen molar-refractivity contribution < 1.29 is 0 Å². The van der Waals surface area contributed by atoms with E-state index in [2.05, 4.69) is 19.9 Å². The second-order valence-corrected chi connectivity index (χ2v) is 5.01. The topological polar surface area (TPSA) is 0 Å². The van der Waals surface area contributed by atoms with E-state index < -0.39 is 0 Å². The lowest BCUT2D eigenvalue weighted by molar-refractivity contribution is 0.454. The summed E-state index contributed by atoms with van der Waals surface area (Å²) < 4.78 is 0. The van der Waals surface area contributed by atoms with Crippen LogP contribution in [0.3, 0.4) is 0 Å². The van der Waals surface area contributed by atoms with Crippen molar-refractivity contribution in [2.24, 2.45) is 5.92 Å². The number of rotatable bonds is 7. The minimum atomic E-state index is 0.932. The van der Waals surface area contributed by atoms with E-state index in [9.17, 15) is 0 Å². The van der Waals surface area contributed by atoms with Crippen LogP contribution in [0.5, 0.6) is 0 Å². The lowest BCUT2D eigenvalue weighted by Crippen LogP contribution is -2.07. The van der Waals surface area contributed by atoms with Crippen LogP contribution in [0.1, 0.15) is 78.1 Å². The molecular weight excluding hydrogens is 180 g/mol. The molecule has 88 valence electrons. The molecule has 0 saturated carbocycles. The van der Waals surface area contributed by atoms with Crippen molar-refractivity contribution in [3.63, 3.8) is 0 Å². The first-order valence-corrected chi connectivity index (χ1v) is 7.07. The van der Waals surface area contributed by atoms with E-state index in [1.54, 1.807) is 5.57 Å². The van der Waals surface area contributed by atoms with Gasteiger partial charge >= 0.3 is 0 Å². The minimum Gasteiger partial charge on any atom is -0.0851 e. The van der Waals surface area contributed by atoms with E-state index >= 15 is 0 Å². The Labute approximate surface area is 96.2 Å². The summed E-state index contributed by atoms with van der Waals surface area (Å²) in [5.74, 6) is 0.932. The van der Waals surface area contributed by atoms with E-state index in [1.807, 2.05) is 0 Å². The maximum Gasteiger partial charge on any atom is -0.0203 e. The molecule has 0 fully saturated rings. The molecule has 0 radical (unpaired) electrons. The third-order valence-electron chi connectivity index (χ3n) is 3.64. The molecule has 1 atom stereocenters. The highest BCUT2D eigenvalue weighted by atomic mass is 14.2. The Morgan fingerprint density at radius 2 is 1.93 bits per heavy atom. The van der Waals surface area contributed by atoms with Gasteiger partial charge in [0.25, 0.3) is 0 Å². The van der Waals surface area contributed by atoms with Gasteiger partial charge in [0, 0.05) is 0 Å². The van der Waals surface area contributed by atoms with Crippen LogP contribution in [0, 0.1) is 5.92 Å². The zero-order valence-corrected chi connectivity index (χ0v) is 10.7. The molecule has 0 heterocycles. The molecule has 0 aromatic heterocycles. The van der Waals surface area contributed by atoms with Crippen molar-refractivity contribution in [2.75, 3.05) is 0 Å². The molecule has 1 unspecified atom stereocenters. The summed E-state index contributed by atoms with van der Waals surface area (Å²) in [6.45, 7) is 4.63. The fourth-order valence-corrected chi connectivity index (χ4v) is 2.74. The van der Waals surface area contributed by atoms with E-state index in [1.165, 1.54) is 64.2 Å². The number of allylic oxidation sites excluding steroid dienone is 2. The fraction of sp³-hybridized carbons (Fsp3) is 0.867. The average Bonchev–Trinajstić information content (AvgIpc) is 2.29. The Bertz CT molecular complexity index is 178. The van der Waals surface area contributed by atoms with Crippen molar-refractivity contribution >= 4 is 0 Å². The summed E-state index contributed by atoms with van der Waals surface area (Å²) in [6.07, 6.45) is 16.6. The predicted molar refractivity (Wildman–Crippen MR) is 69.1 cm³/mol. The van der Waals surface area contributed by atoms with Crippen LogP contribution in [-0.2, 0) is 0 Å². The second kappa shape index (κ2) is 7.96. The summed E-state index contributed by atoms with van der Waals surface area (Å²) in [6, 6.07) is 0. The summed E-state index contributed by atoms with van der Waals surface area (Å²) in [5.41, 5.74) is 1.80. The Kier molecular flexibility index (Phi) is 6.80. The molecule has 0 amide bonds.